The van der Waals surface area contributed by atoms with Crippen molar-refractivity contribution >= 4 is 21.8 Å². The molecule has 1 aliphatic rings. The number of sulfonamides is 1. The molecule has 4 nitrogen and oxygen atoms in total. The third kappa shape index (κ3) is 6.41. The molecule has 0 bridgehead atoms. The van der Waals surface area contributed by atoms with Crippen LogP contribution in [-0.2, 0) is 10.0 Å². The number of thioether (sulfide) groups is 1. The fourth-order valence-electron chi connectivity index (χ4n) is 2.23. The molecule has 2 atom stereocenters. The lowest BCUT2D eigenvalue weighted by Gasteiger charge is -2.14. The highest BCUT2D eigenvalue weighted by Gasteiger charge is 2.27. The van der Waals surface area contributed by atoms with Crippen molar-refractivity contribution in [3.05, 3.63) is 0 Å². The van der Waals surface area contributed by atoms with E-state index in [-0.39, 0.29) is 11.8 Å². The molecular weight excluding hydrogens is 268 g/mol. The topological polar surface area (TPSA) is 58.2 Å². The predicted molar refractivity (Wildman–Crippen MR) is 79.6 cm³/mol. The third-order valence-corrected chi connectivity index (χ3v) is 5.72. The van der Waals surface area contributed by atoms with Gasteiger partial charge in [0.05, 0.1) is 5.75 Å². The molecule has 0 radical (unpaired) electrons. The summed E-state index contributed by atoms with van der Waals surface area (Å²) in [6.07, 6.45) is 3.10. The van der Waals surface area contributed by atoms with Crippen LogP contribution in [0.15, 0.2) is 0 Å². The van der Waals surface area contributed by atoms with Gasteiger partial charge in [-0.3, -0.25) is 0 Å². The highest BCUT2D eigenvalue weighted by atomic mass is 32.2. The van der Waals surface area contributed by atoms with E-state index in [0.29, 0.717) is 17.8 Å². The summed E-state index contributed by atoms with van der Waals surface area (Å²) in [4.78, 5) is 0. The van der Waals surface area contributed by atoms with Crippen molar-refractivity contribution in [1.82, 2.24) is 10.0 Å². The van der Waals surface area contributed by atoms with Gasteiger partial charge < -0.3 is 5.32 Å². The molecule has 1 fully saturated rings. The Labute approximate surface area is 116 Å². The van der Waals surface area contributed by atoms with E-state index >= 15 is 0 Å². The largest absolute Gasteiger partial charge is 0.313 e. The van der Waals surface area contributed by atoms with Crippen LogP contribution in [0.2, 0.25) is 0 Å². The quantitative estimate of drug-likeness (QED) is 0.713. The molecule has 0 aliphatic heterocycles. The average Bonchev–Trinajstić information content (AvgIpc) is 2.64. The van der Waals surface area contributed by atoms with Crippen molar-refractivity contribution in [2.24, 2.45) is 0 Å². The smallest absolute Gasteiger partial charge is 0.213 e. The molecule has 1 aliphatic carbocycles. The summed E-state index contributed by atoms with van der Waals surface area (Å²) in [7, 11) is -3.12. The summed E-state index contributed by atoms with van der Waals surface area (Å²) in [6, 6.07) is 0.482. The van der Waals surface area contributed by atoms with Crippen LogP contribution in [0.5, 0.6) is 0 Å². The van der Waals surface area contributed by atoms with Crippen LogP contribution in [0, 0.1) is 0 Å². The van der Waals surface area contributed by atoms with Gasteiger partial charge >= 0.3 is 0 Å². The summed E-state index contributed by atoms with van der Waals surface area (Å²) in [5.74, 6) is 1.29. The molecule has 0 spiro atoms. The minimum atomic E-state index is -3.12. The molecule has 0 aromatic carbocycles. The van der Waals surface area contributed by atoms with Gasteiger partial charge in [-0.15, -0.1) is 0 Å². The Morgan fingerprint density at radius 3 is 2.67 bits per heavy atom. The summed E-state index contributed by atoms with van der Waals surface area (Å²) in [6.45, 7) is 6.71. The van der Waals surface area contributed by atoms with E-state index in [4.69, 9.17) is 0 Å². The fourth-order valence-corrected chi connectivity index (χ4v) is 4.60. The normalized spacial score (nSPS) is 24.9. The predicted octanol–water partition coefficient (Wildman–Crippen LogP) is 1.58. The minimum absolute atomic E-state index is 0.151. The van der Waals surface area contributed by atoms with E-state index in [1.807, 2.05) is 25.6 Å². The molecule has 2 unspecified atom stereocenters. The first-order valence-electron chi connectivity index (χ1n) is 6.78. The van der Waals surface area contributed by atoms with Crippen molar-refractivity contribution in [3.63, 3.8) is 0 Å². The molecule has 0 heterocycles. The number of rotatable bonds is 8. The Morgan fingerprint density at radius 2 is 2.06 bits per heavy atom. The maximum absolute atomic E-state index is 11.9. The van der Waals surface area contributed by atoms with Crippen molar-refractivity contribution in [3.8, 4) is 0 Å². The van der Waals surface area contributed by atoms with Gasteiger partial charge in [-0.2, -0.15) is 11.8 Å². The molecule has 2 N–H and O–H groups in total. The van der Waals surface area contributed by atoms with Crippen LogP contribution in [-0.4, -0.2) is 43.8 Å². The molecule has 1 saturated carbocycles. The second kappa shape index (κ2) is 7.72. The molecule has 0 amide bonds. The SMILES string of the molecule is CCSC1CCC(NS(=O)(=O)CCNC(C)C)C1. The van der Waals surface area contributed by atoms with E-state index in [0.717, 1.165) is 25.0 Å². The number of hydrogen-bond donors (Lipinski definition) is 2. The molecule has 1 rings (SSSR count). The van der Waals surface area contributed by atoms with Gasteiger partial charge in [0.15, 0.2) is 0 Å². The molecule has 0 aromatic rings. The van der Waals surface area contributed by atoms with Crippen LogP contribution in [0.3, 0.4) is 0 Å². The van der Waals surface area contributed by atoms with Crippen LogP contribution in [0.4, 0.5) is 0 Å². The lowest BCUT2D eigenvalue weighted by molar-refractivity contribution is 0.544. The lowest BCUT2D eigenvalue weighted by atomic mass is 10.3. The zero-order valence-corrected chi connectivity index (χ0v) is 13.2. The van der Waals surface area contributed by atoms with Gasteiger partial charge in [-0.1, -0.05) is 20.8 Å². The van der Waals surface area contributed by atoms with Crippen molar-refractivity contribution < 1.29 is 8.42 Å². The van der Waals surface area contributed by atoms with Crippen LogP contribution in [0.1, 0.15) is 40.0 Å². The Bertz CT molecular complexity index is 331. The second-order valence-corrected chi connectivity index (χ2v) is 8.58. The van der Waals surface area contributed by atoms with Crippen molar-refractivity contribution in [2.45, 2.75) is 57.4 Å². The molecular formula is C12H26N2O2S2. The zero-order chi connectivity index (χ0) is 13.6. The minimum Gasteiger partial charge on any atom is -0.313 e. The maximum atomic E-state index is 11.9. The highest BCUT2D eigenvalue weighted by Crippen LogP contribution is 2.29. The first kappa shape index (κ1) is 16.3. The van der Waals surface area contributed by atoms with E-state index in [2.05, 4.69) is 17.0 Å². The van der Waals surface area contributed by atoms with Gasteiger partial charge in [-0.05, 0) is 25.0 Å². The first-order chi connectivity index (χ1) is 8.43. The molecule has 18 heavy (non-hydrogen) atoms. The van der Waals surface area contributed by atoms with Gasteiger partial charge in [-0.25, -0.2) is 13.1 Å². The van der Waals surface area contributed by atoms with Crippen LogP contribution in [0.25, 0.3) is 0 Å². The highest BCUT2D eigenvalue weighted by molar-refractivity contribution is 7.99. The van der Waals surface area contributed by atoms with Crippen LogP contribution >= 0.6 is 11.8 Å². The van der Waals surface area contributed by atoms with E-state index in [9.17, 15) is 8.42 Å². The summed E-state index contributed by atoms with van der Waals surface area (Å²) >= 11 is 1.94. The van der Waals surface area contributed by atoms with Crippen molar-refractivity contribution in [1.29, 1.82) is 0 Å². The first-order valence-corrected chi connectivity index (χ1v) is 9.48. The van der Waals surface area contributed by atoms with E-state index < -0.39 is 10.0 Å². The van der Waals surface area contributed by atoms with Crippen LogP contribution < -0.4 is 10.0 Å². The Balaban J connectivity index is 2.28. The molecule has 108 valence electrons. The molecule has 6 heteroatoms. The second-order valence-electron chi connectivity index (χ2n) is 5.13. The third-order valence-electron chi connectivity index (χ3n) is 3.06. The Kier molecular flexibility index (Phi) is 6.98. The van der Waals surface area contributed by atoms with Gasteiger partial charge in [0.25, 0.3) is 0 Å². The Morgan fingerprint density at radius 1 is 1.33 bits per heavy atom. The van der Waals surface area contributed by atoms with E-state index in [1.165, 1.54) is 0 Å². The fraction of sp³-hybridized carbons (Fsp3) is 1.00. The summed E-state index contributed by atoms with van der Waals surface area (Å²) in [5.41, 5.74) is 0. The van der Waals surface area contributed by atoms with E-state index in [1.54, 1.807) is 0 Å². The zero-order valence-electron chi connectivity index (χ0n) is 11.6. The van der Waals surface area contributed by atoms with Gasteiger partial charge in [0.1, 0.15) is 0 Å². The maximum Gasteiger partial charge on any atom is 0.213 e. The molecule has 0 saturated heterocycles. The van der Waals surface area contributed by atoms with Gasteiger partial charge in [0.2, 0.25) is 10.0 Å². The Hall–Kier alpha value is 0.220. The lowest BCUT2D eigenvalue weighted by Crippen LogP contribution is -2.38. The monoisotopic (exact) mass is 294 g/mol. The summed E-state index contributed by atoms with van der Waals surface area (Å²) < 4.78 is 26.6. The molecule has 0 aromatic heterocycles. The number of hydrogen-bond acceptors (Lipinski definition) is 4. The van der Waals surface area contributed by atoms with Crippen molar-refractivity contribution in [2.75, 3.05) is 18.1 Å². The van der Waals surface area contributed by atoms with Gasteiger partial charge in [0, 0.05) is 23.9 Å². The number of nitrogens with one attached hydrogen (secondary N) is 2. The summed E-state index contributed by atoms with van der Waals surface area (Å²) in [5, 5.41) is 3.77. The standard InChI is InChI=1S/C12H26N2O2S2/c1-4-17-12-6-5-11(9-12)14-18(15,16)8-7-13-10(2)3/h10-14H,4-9H2,1-3H3. The average molecular weight is 294 g/mol.